The Hall–Kier alpha value is -2.27. The number of benzene rings is 2. The minimum atomic E-state index is -4.69. The fourth-order valence-electron chi connectivity index (χ4n) is 4.30. The first kappa shape index (κ1) is 25.8. The minimum absolute atomic E-state index is 0.147. The molecule has 4 rings (SSSR count). The number of anilines is 1. The maximum absolute atomic E-state index is 13.6. The van der Waals surface area contributed by atoms with E-state index in [4.69, 9.17) is 9.47 Å². The van der Waals surface area contributed by atoms with Gasteiger partial charge in [0, 0.05) is 10.4 Å². The van der Waals surface area contributed by atoms with E-state index in [9.17, 15) is 26.4 Å². The first-order valence-electron chi connectivity index (χ1n) is 11.1. The van der Waals surface area contributed by atoms with Crippen molar-refractivity contribution in [3.05, 3.63) is 52.5 Å². The number of esters is 1. The van der Waals surface area contributed by atoms with Crippen LogP contribution in [0.4, 0.5) is 18.9 Å². The molecule has 0 aromatic heterocycles. The summed E-state index contributed by atoms with van der Waals surface area (Å²) in [6, 6.07) is 8.49. The van der Waals surface area contributed by atoms with Crippen LogP contribution in [0.15, 0.2) is 51.8 Å². The van der Waals surface area contributed by atoms with Gasteiger partial charge in [-0.3, -0.25) is 9.10 Å². The molecule has 2 aliphatic rings. The van der Waals surface area contributed by atoms with E-state index in [1.54, 1.807) is 39.0 Å². The lowest BCUT2D eigenvalue weighted by atomic mass is 9.70. The summed E-state index contributed by atoms with van der Waals surface area (Å²) in [6.45, 7) is 5.17. The van der Waals surface area contributed by atoms with Gasteiger partial charge in [-0.15, -0.1) is 0 Å². The van der Waals surface area contributed by atoms with Crippen LogP contribution in [0.5, 0.6) is 5.75 Å². The molecular weight excluding hydrogens is 551 g/mol. The lowest BCUT2D eigenvalue weighted by Gasteiger charge is -2.45. The molecule has 0 spiro atoms. The third-order valence-electron chi connectivity index (χ3n) is 6.08. The molecule has 190 valence electrons. The van der Waals surface area contributed by atoms with Gasteiger partial charge in [-0.2, -0.15) is 13.2 Å². The monoisotopic (exact) mass is 575 g/mol. The molecule has 0 unspecified atom stereocenters. The summed E-state index contributed by atoms with van der Waals surface area (Å²) in [7, 11) is -4.38. The van der Waals surface area contributed by atoms with Crippen molar-refractivity contribution in [3.8, 4) is 5.75 Å². The number of carbonyl (C=O) groups excluding carboxylic acids is 1. The number of ether oxygens (including phenoxy) is 2. The Morgan fingerprint density at radius 3 is 2.43 bits per heavy atom. The third kappa shape index (κ3) is 5.30. The highest BCUT2D eigenvalue weighted by Crippen LogP contribution is 2.46. The highest BCUT2D eigenvalue weighted by atomic mass is 79.9. The first-order valence-corrected chi connectivity index (χ1v) is 13.3. The van der Waals surface area contributed by atoms with Gasteiger partial charge in [0.15, 0.2) is 0 Å². The Morgan fingerprint density at radius 1 is 1.11 bits per heavy atom. The number of rotatable bonds is 4. The zero-order chi connectivity index (χ0) is 25.8. The van der Waals surface area contributed by atoms with Crippen molar-refractivity contribution in [2.24, 2.45) is 11.8 Å². The largest absolute Gasteiger partial charge is 0.486 e. The van der Waals surface area contributed by atoms with Crippen LogP contribution in [0.1, 0.15) is 39.2 Å². The third-order valence-corrected chi connectivity index (χ3v) is 8.35. The number of hydrogen-bond donors (Lipinski definition) is 0. The van der Waals surface area contributed by atoms with Gasteiger partial charge in [0.25, 0.3) is 10.0 Å². The second-order valence-corrected chi connectivity index (χ2v) is 12.5. The summed E-state index contributed by atoms with van der Waals surface area (Å²) in [6.07, 6.45) is -4.13. The zero-order valence-corrected chi connectivity index (χ0v) is 21.7. The summed E-state index contributed by atoms with van der Waals surface area (Å²) in [4.78, 5) is 12.2. The molecule has 3 atom stereocenters. The summed E-state index contributed by atoms with van der Waals surface area (Å²) in [5.41, 5.74) is -1.51. The van der Waals surface area contributed by atoms with Gasteiger partial charge in [-0.1, -0.05) is 22.0 Å². The van der Waals surface area contributed by atoms with Crippen molar-refractivity contribution in [3.63, 3.8) is 0 Å². The summed E-state index contributed by atoms with van der Waals surface area (Å²) < 4.78 is 80.3. The van der Waals surface area contributed by atoms with Gasteiger partial charge < -0.3 is 9.47 Å². The molecule has 1 aliphatic carbocycles. The molecule has 1 fully saturated rings. The Bertz CT molecular complexity index is 1240. The highest BCUT2D eigenvalue weighted by Gasteiger charge is 2.48. The maximum Gasteiger partial charge on any atom is 0.416 e. The molecule has 2 aromatic carbocycles. The second-order valence-electron chi connectivity index (χ2n) is 9.71. The van der Waals surface area contributed by atoms with Crippen molar-refractivity contribution in [1.29, 1.82) is 0 Å². The van der Waals surface area contributed by atoms with E-state index in [0.29, 0.717) is 23.4 Å². The number of fused-ring (bicyclic) bond motifs is 1. The lowest BCUT2D eigenvalue weighted by Crippen LogP contribution is -2.52. The average Bonchev–Trinajstić information content (AvgIpc) is 2.70. The van der Waals surface area contributed by atoms with E-state index in [1.807, 2.05) is 0 Å². The van der Waals surface area contributed by atoms with Crippen molar-refractivity contribution < 1.29 is 35.9 Å². The van der Waals surface area contributed by atoms with E-state index < -0.39 is 44.3 Å². The van der Waals surface area contributed by atoms with E-state index >= 15 is 0 Å². The zero-order valence-electron chi connectivity index (χ0n) is 19.3. The SMILES string of the molecule is CC(C)(C)OC(=O)[C@H]1CC[C@@H]1[C@H]1CN(S(=O)(=O)c2cccc(C(F)(F)F)c2)c2cc(Br)ccc2O1. The van der Waals surface area contributed by atoms with Crippen LogP contribution in [0, 0.1) is 11.8 Å². The van der Waals surface area contributed by atoms with Crippen LogP contribution in [-0.4, -0.2) is 32.6 Å². The molecule has 1 aliphatic heterocycles. The number of halogens is 4. The molecule has 0 amide bonds. The number of alkyl halides is 3. The molecule has 2 aromatic rings. The van der Waals surface area contributed by atoms with Crippen LogP contribution in [0.3, 0.4) is 0 Å². The van der Waals surface area contributed by atoms with Crippen molar-refractivity contribution >= 4 is 37.6 Å². The molecule has 35 heavy (non-hydrogen) atoms. The highest BCUT2D eigenvalue weighted by molar-refractivity contribution is 9.10. The molecule has 1 saturated carbocycles. The van der Waals surface area contributed by atoms with Gasteiger partial charge in [-0.05, 0) is 70.0 Å². The quantitative estimate of drug-likeness (QED) is 0.431. The Kier molecular flexibility index (Phi) is 6.63. The van der Waals surface area contributed by atoms with Crippen molar-refractivity contribution in [2.45, 2.75) is 56.4 Å². The molecule has 1 heterocycles. The molecule has 0 N–H and O–H groups in total. The molecule has 0 saturated heterocycles. The standard InChI is InChI=1S/C24H25BrF3NO5S/c1-23(2,3)34-22(30)18-9-8-17(18)21-13-29(19-12-15(25)7-10-20(19)33-21)35(31,32)16-6-4-5-14(11-16)24(26,27)28/h4-7,10-12,17-18,21H,8-9,13H2,1-3H3/t17-,18-,21+/m0/s1. The fourth-order valence-corrected chi connectivity index (χ4v) is 6.17. The van der Waals surface area contributed by atoms with Crippen LogP contribution in [0.2, 0.25) is 0 Å². The van der Waals surface area contributed by atoms with E-state index in [0.717, 1.165) is 22.5 Å². The molecule has 11 heteroatoms. The van der Waals surface area contributed by atoms with E-state index in [1.165, 1.54) is 0 Å². The summed E-state index contributed by atoms with van der Waals surface area (Å²) >= 11 is 3.32. The van der Waals surface area contributed by atoms with Crippen LogP contribution < -0.4 is 9.04 Å². The fraction of sp³-hybridized carbons (Fsp3) is 0.458. The molecule has 6 nitrogen and oxygen atoms in total. The Labute approximate surface area is 210 Å². The van der Waals surface area contributed by atoms with Gasteiger partial charge in [0.2, 0.25) is 0 Å². The van der Waals surface area contributed by atoms with Gasteiger partial charge in [0.1, 0.15) is 17.5 Å². The molecule has 0 radical (unpaired) electrons. The molecule has 0 bridgehead atoms. The number of sulfonamides is 1. The first-order chi connectivity index (χ1) is 16.2. The summed E-state index contributed by atoms with van der Waals surface area (Å²) in [5, 5.41) is 0. The average molecular weight is 576 g/mol. The van der Waals surface area contributed by atoms with Crippen LogP contribution in [0.25, 0.3) is 0 Å². The normalized spacial score (nSPS) is 22.6. The van der Waals surface area contributed by atoms with E-state index in [2.05, 4.69) is 15.9 Å². The van der Waals surface area contributed by atoms with Gasteiger partial charge in [-0.25, -0.2) is 8.42 Å². The van der Waals surface area contributed by atoms with Gasteiger partial charge >= 0.3 is 12.1 Å². The Balaban J connectivity index is 1.69. The lowest BCUT2D eigenvalue weighted by molar-refractivity contribution is -0.169. The van der Waals surface area contributed by atoms with Crippen LogP contribution >= 0.6 is 15.9 Å². The van der Waals surface area contributed by atoms with Gasteiger partial charge in [0.05, 0.1) is 28.6 Å². The van der Waals surface area contributed by atoms with E-state index in [-0.39, 0.29) is 29.9 Å². The predicted octanol–water partition coefficient (Wildman–Crippen LogP) is 5.79. The molecular formula is C24H25BrF3NO5S. The number of carbonyl (C=O) groups is 1. The summed E-state index contributed by atoms with van der Waals surface area (Å²) in [5.74, 6) is -0.837. The Morgan fingerprint density at radius 2 is 1.83 bits per heavy atom. The number of hydrogen-bond acceptors (Lipinski definition) is 5. The second kappa shape index (κ2) is 8.99. The predicted molar refractivity (Wildman–Crippen MR) is 127 cm³/mol. The topological polar surface area (TPSA) is 72.9 Å². The van der Waals surface area contributed by atoms with Crippen LogP contribution in [-0.2, 0) is 25.7 Å². The number of nitrogens with zero attached hydrogens (tertiary/aromatic N) is 1. The smallest absolute Gasteiger partial charge is 0.416 e. The van der Waals surface area contributed by atoms with Crippen molar-refractivity contribution in [1.82, 2.24) is 0 Å². The maximum atomic E-state index is 13.6. The van der Waals surface area contributed by atoms with Crippen molar-refractivity contribution in [2.75, 3.05) is 10.8 Å². The minimum Gasteiger partial charge on any atom is -0.486 e.